The molecule has 0 radical (unpaired) electrons. The van der Waals surface area contributed by atoms with Gasteiger partial charge >= 0.3 is 0 Å². The van der Waals surface area contributed by atoms with Crippen molar-refractivity contribution in [2.75, 3.05) is 13.1 Å². The quantitative estimate of drug-likeness (QED) is 0.289. The lowest BCUT2D eigenvalue weighted by atomic mass is 9.97. The number of carbonyl (C=O) groups excluding carboxylic acids is 2. The number of carbonyl (C=O) groups is 2. The van der Waals surface area contributed by atoms with Gasteiger partial charge < -0.3 is 9.88 Å². The minimum absolute atomic E-state index is 0.0178. The van der Waals surface area contributed by atoms with E-state index in [9.17, 15) is 14.0 Å². The maximum atomic E-state index is 14.7. The number of benzene rings is 1. The number of fused-ring (bicyclic) bond motifs is 1. The van der Waals surface area contributed by atoms with Crippen molar-refractivity contribution in [3.8, 4) is 5.82 Å². The number of pyridine rings is 1. The number of amides is 1. The molecule has 0 unspecified atom stereocenters. The number of halogens is 1. The summed E-state index contributed by atoms with van der Waals surface area (Å²) in [5.41, 5.74) is 2.57. The highest BCUT2D eigenvalue weighted by Gasteiger charge is 2.30. The van der Waals surface area contributed by atoms with E-state index in [1.54, 1.807) is 6.20 Å². The molecular formula is C24H18FN7O2. The summed E-state index contributed by atoms with van der Waals surface area (Å²) in [6.07, 6.45) is 6.28. The van der Waals surface area contributed by atoms with E-state index < -0.39 is 17.5 Å². The Kier molecular flexibility index (Phi) is 5.43. The van der Waals surface area contributed by atoms with Gasteiger partial charge in [0.05, 0.1) is 41.6 Å². The molecule has 1 aliphatic heterocycles. The Morgan fingerprint density at radius 2 is 1.91 bits per heavy atom. The molecule has 0 bridgehead atoms. The van der Waals surface area contributed by atoms with E-state index in [2.05, 4.69) is 25.1 Å². The standard InChI is InChI=1S/C24H18FN7O2/c1-26-20(15-5-3-2-4-6-15)16-7-10-31(11-8-16)24(34)22(33)17-13-27-21-19(17)18(25)14-28-23(21)32-12-9-29-30-32/h2-6,9,12-14,27H,7-8,10-11H2. The zero-order valence-electron chi connectivity index (χ0n) is 17.9. The van der Waals surface area contributed by atoms with E-state index in [4.69, 9.17) is 6.57 Å². The van der Waals surface area contributed by atoms with Gasteiger partial charge in [0.25, 0.3) is 11.7 Å². The number of hydrogen-bond acceptors (Lipinski definition) is 5. The fourth-order valence-electron chi connectivity index (χ4n) is 4.19. The van der Waals surface area contributed by atoms with Crippen LogP contribution < -0.4 is 0 Å². The summed E-state index contributed by atoms with van der Waals surface area (Å²) in [6.45, 7) is 8.19. The first-order chi connectivity index (χ1) is 16.6. The molecule has 0 aliphatic carbocycles. The third-order valence-corrected chi connectivity index (χ3v) is 5.87. The molecule has 168 valence electrons. The van der Waals surface area contributed by atoms with Crippen LogP contribution in [-0.4, -0.2) is 54.6 Å². The van der Waals surface area contributed by atoms with E-state index in [-0.39, 0.29) is 22.3 Å². The number of aromatic amines is 1. The number of piperidine rings is 1. The molecule has 4 aromatic rings. The first-order valence-electron chi connectivity index (χ1n) is 10.6. The third kappa shape index (κ3) is 3.63. The van der Waals surface area contributed by atoms with Gasteiger partial charge in [0.1, 0.15) is 0 Å². The number of nitrogens with one attached hydrogen (secondary N) is 1. The fraction of sp³-hybridized carbons (Fsp3) is 0.167. The summed E-state index contributed by atoms with van der Waals surface area (Å²) >= 11 is 0. The van der Waals surface area contributed by atoms with Crippen LogP contribution in [0.4, 0.5) is 4.39 Å². The Bertz CT molecular complexity index is 1460. The summed E-state index contributed by atoms with van der Waals surface area (Å²) in [7, 11) is 0. The number of Topliss-reactive ketones (excluding diaryl/α,β-unsaturated/α-hetero) is 1. The van der Waals surface area contributed by atoms with Crippen LogP contribution in [0.15, 0.2) is 60.7 Å². The Hall–Kier alpha value is -4.65. The maximum Gasteiger partial charge on any atom is 0.295 e. The zero-order valence-corrected chi connectivity index (χ0v) is 17.9. The van der Waals surface area contributed by atoms with Crippen molar-refractivity contribution < 1.29 is 14.0 Å². The van der Waals surface area contributed by atoms with Gasteiger partial charge in [-0.15, -0.1) is 5.10 Å². The molecule has 4 heterocycles. The lowest BCUT2D eigenvalue weighted by Crippen LogP contribution is -2.40. The molecule has 34 heavy (non-hydrogen) atoms. The van der Waals surface area contributed by atoms with Crippen molar-refractivity contribution in [3.05, 3.63) is 89.1 Å². The van der Waals surface area contributed by atoms with Crippen LogP contribution in [0.3, 0.4) is 0 Å². The highest BCUT2D eigenvalue weighted by atomic mass is 19.1. The van der Waals surface area contributed by atoms with Crippen LogP contribution in [-0.2, 0) is 4.79 Å². The summed E-state index contributed by atoms with van der Waals surface area (Å²) < 4.78 is 16.0. The van der Waals surface area contributed by atoms with Crippen molar-refractivity contribution in [2.45, 2.75) is 12.8 Å². The van der Waals surface area contributed by atoms with Gasteiger partial charge in [-0.05, 0) is 18.4 Å². The Morgan fingerprint density at radius 3 is 2.59 bits per heavy atom. The van der Waals surface area contributed by atoms with Crippen LogP contribution in [0.1, 0.15) is 28.8 Å². The molecule has 1 N–H and O–H groups in total. The van der Waals surface area contributed by atoms with Gasteiger partial charge in [0, 0.05) is 19.3 Å². The van der Waals surface area contributed by atoms with Crippen molar-refractivity contribution >= 4 is 28.3 Å². The average Bonchev–Trinajstić information content (AvgIpc) is 3.56. The topological polar surface area (TPSA) is 101 Å². The van der Waals surface area contributed by atoms with E-state index >= 15 is 0 Å². The largest absolute Gasteiger partial charge is 0.357 e. The predicted octanol–water partition coefficient (Wildman–Crippen LogP) is 3.42. The number of H-pyrrole nitrogens is 1. The monoisotopic (exact) mass is 455 g/mol. The van der Waals surface area contributed by atoms with Crippen LogP contribution >= 0.6 is 0 Å². The Morgan fingerprint density at radius 1 is 1.15 bits per heavy atom. The molecular weight excluding hydrogens is 437 g/mol. The molecule has 1 amide bonds. The number of nitrogens with zero attached hydrogens (tertiary/aromatic N) is 6. The van der Waals surface area contributed by atoms with Gasteiger partial charge in [-0.25, -0.2) is 18.9 Å². The van der Waals surface area contributed by atoms with Gasteiger partial charge in [0.2, 0.25) is 0 Å². The molecule has 0 spiro atoms. The van der Waals surface area contributed by atoms with E-state index in [0.717, 1.165) is 17.3 Å². The minimum atomic E-state index is -0.804. The molecule has 0 saturated carbocycles. The summed E-state index contributed by atoms with van der Waals surface area (Å²) in [5, 5.41) is 7.56. The minimum Gasteiger partial charge on any atom is -0.357 e. The molecule has 1 aliphatic rings. The molecule has 1 saturated heterocycles. The van der Waals surface area contributed by atoms with Crippen LogP contribution in [0.5, 0.6) is 0 Å². The van der Waals surface area contributed by atoms with Crippen molar-refractivity contribution in [3.63, 3.8) is 0 Å². The summed E-state index contributed by atoms with van der Waals surface area (Å²) in [4.78, 5) is 38.1. The fourth-order valence-corrected chi connectivity index (χ4v) is 4.19. The first-order valence-corrected chi connectivity index (χ1v) is 10.6. The number of rotatable bonds is 4. The van der Waals surface area contributed by atoms with Crippen molar-refractivity contribution in [1.29, 1.82) is 0 Å². The highest BCUT2D eigenvalue weighted by molar-refractivity contribution is 6.45. The van der Waals surface area contributed by atoms with Gasteiger partial charge in [0.15, 0.2) is 17.3 Å². The lowest BCUT2D eigenvalue weighted by molar-refractivity contribution is -0.126. The first kappa shape index (κ1) is 21.2. The van der Waals surface area contributed by atoms with Gasteiger partial charge in [-0.1, -0.05) is 41.1 Å². The van der Waals surface area contributed by atoms with Crippen molar-refractivity contribution in [2.24, 2.45) is 0 Å². The number of likely N-dealkylation sites (tertiary alicyclic amines) is 1. The molecule has 10 heteroatoms. The summed E-state index contributed by atoms with van der Waals surface area (Å²) in [5.74, 6) is -1.96. The number of aromatic nitrogens is 5. The Balaban J connectivity index is 1.39. The van der Waals surface area contributed by atoms with Gasteiger partial charge in [-0.2, -0.15) is 0 Å². The molecule has 5 rings (SSSR count). The normalized spacial score (nSPS) is 13.6. The van der Waals surface area contributed by atoms with Crippen LogP contribution in [0, 0.1) is 12.4 Å². The van der Waals surface area contributed by atoms with Crippen LogP contribution in [0.2, 0.25) is 0 Å². The molecule has 9 nitrogen and oxygen atoms in total. The lowest BCUT2D eigenvalue weighted by Gasteiger charge is -2.28. The second-order valence-corrected chi connectivity index (χ2v) is 7.78. The second kappa shape index (κ2) is 8.71. The van der Waals surface area contributed by atoms with Crippen molar-refractivity contribution in [1.82, 2.24) is 29.9 Å². The molecule has 3 aromatic heterocycles. The van der Waals surface area contributed by atoms with E-state index in [1.165, 1.54) is 22.0 Å². The molecule has 0 atom stereocenters. The smallest absolute Gasteiger partial charge is 0.295 e. The maximum absolute atomic E-state index is 14.7. The molecule has 1 fully saturated rings. The summed E-state index contributed by atoms with van der Waals surface area (Å²) in [6, 6.07) is 9.41. The SMILES string of the molecule is [C-]#[N+]C(=C1CCN(C(=O)C(=O)c2c[nH]c3c(-n4ccnn4)ncc(F)c23)CC1)c1ccccc1. The number of hydrogen-bond donors (Lipinski definition) is 1. The third-order valence-electron chi connectivity index (χ3n) is 5.87. The molecule has 1 aromatic carbocycles. The second-order valence-electron chi connectivity index (χ2n) is 7.78. The Labute approximate surface area is 193 Å². The predicted molar refractivity (Wildman–Crippen MR) is 121 cm³/mol. The number of ketones is 1. The van der Waals surface area contributed by atoms with Gasteiger partial charge in [-0.3, -0.25) is 9.59 Å². The van der Waals surface area contributed by atoms with E-state index in [0.29, 0.717) is 31.6 Å². The van der Waals surface area contributed by atoms with Crippen LogP contribution in [0.25, 0.3) is 27.3 Å². The highest BCUT2D eigenvalue weighted by Crippen LogP contribution is 2.29. The zero-order chi connectivity index (χ0) is 23.7. The average molecular weight is 455 g/mol. The van der Waals surface area contributed by atoms with E-state index in [1.807, 2.05) is 30.3 Å².